The number of amides is 5. The molecule has 5 amide bonds. The van der Waals surface area contributed by atoms with Gasteiger partial charge in [0.05, 0.1) is 33.1 Å². The molecule has 3 atom stereocenters. The number of nitrogens with zero attached hydrogens (tertiary/aromatic N) is 3. The van der Waals surface area contributed by atoms with Gasteiger partial charge in [-0.05, 0) is 0 Å². The smallest absolute Gasteiger partial charge is 0.331 e. The Morgan fingerprint density at radius 2 is 1.11 bits per heavy atom. The topological polar surface area (TPSA) is 209 Å². The Bertz CT molecular complexity index is 1250. The van der Waals surface area contributed by atoms with Crippen LogP contribution in [-0.2, 0) is 66.8 Å². The van der Waals surface area contributed by atoms with Crippen molar-refractivity contribution in [2.75, 3.05) is 41.5 Å². The Morgan fingerprint density at radius 1 is 0.689 bits per heavy atom. The number of esters is 4. The Kier molecular flexibility index (Phi) is 14.5. The number of hydrogen-bond donors (Lipinski definition) is 0. The first-order valence-corrected chi connectivity index (χ1v) is 12.8. The van der Waals surface area contributed by atoms with E-state index in [9.17, 15) is 43.2 Å². The van der Waals surface area contributed by atoms with Crippen molar-refractivity contribution in [3.63, 3.8) is 0 Å². The zero-order valence-corrected chi connectivity index (χ0v) is 24.3. The lowest BCUT2D eigenvalue weighted by Crippen LogP contribution is -2.35. The van der Waals surface area contributed by atoms with Crippen molar-refractivity contribution >= 4 is 53.4 Å². The van der Waals surface area contributed by atoms with E-state index >= 15 is 0 Å². The predicted molar refractivity (Wildman–Crippen MR) is 149 cm³/mol. The van der Waals surface area contributed by atoms with Crippen LogP contribution in [0.4, 0.5) is 0 Å². The third kappa shape index (κ3) is 10.5. The number of likely N-dealkylation sites (N-methyl/N-ethyl adjacent to an activating group) is 2. The molecule has 0 aromatic heterocycles. The summed E-state index contributed by atoms with van der Waals surface area (Å²) >= 11 is 0. The minimum absolute atomic E-state index is 0. The summed E-state index contributed by atoms with van der Waals surface area (Å²) < 4.78 is 23.6. The second-order valence-electron chi connectivity index (χ2n) is 9.21. The highest BCUT2D eigenvalue weighted by molar-refractivity contribution is 6.07. The zero-order valence-electron chi connectivity index (χ0n) is 24.3. The van der Waals surface area contributed by atoms with Gasteiger partial charge in [0.25, 0.3) is 17.7 Å². The molecule has 17 nitrogen and oxygen atoms in total. The summed E-state index contributed by atoms with van der Waals surface area (Å²) in [5, 5.41) is 0. The van der Waals surface area contributed by atoms with E-state index in [-0.39, 0.29) is 39.8 Å². The number of carbonyl (C=O) groups is 9. The van der Waals surface area contributed by atoms with Gasteiger partial charge in [0.2, 0.25) is 11.8 Å². The quantitative estimate of drug-likeness (QED) is 0.119. The summed E-state index contributed by atoms with van der Waals surface area (Å²) in [4.78, 5) is 106. The first-order chi connectivity index (χ1) is 20.7. The molecule has 3 aliphatic rings. The summed E-state index contributed by atoms with van der Waals surface area (Å²) in [6, 6.07) is 0. The number of rotatable bonds is 10. The maximum atomic E-state index is 11.8. The molecular formula is C28H35N3O14. The van der Waals surface area contributed by atoms with Crippen LogP contribution in [0.2, 0.25) is 0 Å². The van der Waals surface area contributed by atoms with Gasteiger partial charge in [-0.25, -0.2) is 19.2 Å². The van der Waals surface area contributed by atoms with Crippen LogP contribution in [0.5, 0.6) is 0 Å². The molecule has 1 unspecified atom stereocenters. The van der Waals surface area contributed by atoms with Crippen LogP contribution in [0.15, 0.2) is 36.6 Å². The predicted octanol–water partition coefficient (Wildman–Crippen LogP) is -1.20. The van der Waals surface area contributed by atoms with Gasteiger partial charge in [0.15, 0.2) is 18.3 Å². The largest absolute Gasteiger partial charge is 0.466 e. The van der Waals surface area contributed by atoms with Crippen molar-refractivity contribution in [1.29, 1.82) is 0 Å². The summed E-state index contributed by atoms with van der Waals surface area (Å²) in [7, 11) is 5.41. The summed E-state index contributed by atoms with van der Waals surface area (Å²) in [6.45, 7) is 3.97. The van der Waals surface area contributed by atoms with Crippen LogP contribution >= 0.6 is 0 Å². The number of imide groups is 2. The zero-order chi connectivity index (χ0) is 33.1. The van der Waals surface area contributed by atoms with Crippen LogP contribution in [0.3, 0.4) is 0 Å². The van der Waals surface area contributed by atoms with Gasteiger partial charge in [0, 0.05) is 57.6 Å². The SMILES string of the molecule is C.C=C1C[C@H](OC(=O)/C=C/C(=O)O[C@H]2CC(=O)N(C)C2=O)C(=O)N1C.COCCN1C(=O)CC(OC(=O)/C=C/C(=O)OC)C1=O. The Hall–Kier alpha value is -5.19. The molecule has 0 saturated carbocycles. The maximum Gasteiger partial charge on any atom is 0.331 e. The first-order valence-electron chi connectivity index (χ1n) is 12.8. The highest BCUT2D eigenvalue weighted by atomic mass is 16.6. The fraction of sp³-hybridized carbons (Fsp3) is 0.464. The minimum atomic E-state index is -1.19. The van der Waals surface area contributed by atoms with Gasteiger partial charge in [-0.3, -0.25) is 33.8 Å². The van der Waals surface area contributed by atoms with Gasteiger partial charge in [-0.1, -0.05) is 14.0 Å². The monoisotopic (exact) mass is 637 g/mol. The Balaban J connectivity index is 0.000000448. The molecule has 0 N–H and O–H groups in total. The molecule has 0 spiro atoms. The van der Waals surface area contributed by atoms with Crippen molar-refractivity contribution < 1.29 is 66.8 Å². The number of likely N-dealkylation sites (tertiary alicyclic amines) is 3. The van der Waals surface area contributed by atoms with Crippen LogP contribution in [0.1, 0.15) is 26.7 Å². The number of hydrogen-bond acceptors (Lipinski definition) is 14. The van der Waals surface area contributed by atoms with Crippen LogP contribution in [-0.4, -0.2) is 128 Å². The molecule has 3 aliphatic heterocycles. The number of ether oxygens (including phenoxy) is 5. The number of carbonyl (C=O) groups excluding carboxylic acids is 9. The third-order valence-corrected chi connectivity index (χ3v) is 6.25. The molecular weight excluding hydrogens is 602 g/mol. The lowest BCUT2D eigenvalue weighted by atomic mass is 10.3. The molecule has 3 fully saturated rings. The molecule has 45 heavy (non-hydrogen) atoms. The molecule has 0 aliphatic carbocycles. The molecule has 0 radical (unpaired) electrons. The molecule has 17 heteroatoms. The minimum Gasteiger partial charge on any atom is -0.466 e. The van der Waals surface area contributed by atoms with Crippen molar-refractivity contribution in [1.82, 2.24) is 14.7 Å². The van der Waals surface area contributed by atoms with Crippen molar-refractivity contribution in [2.45, 2.75) is 45.0 Å². The van der Waals surface area contributed by atoms with E-state index in [1.165, 1.54) is 26.1 Å². The normalized spacial score (nSPS) is 21.2. The third-order valence-electron chi connectivity index (χ3n) is 6.25. The molecule has 3 saturated heterocycles. The molecule has 3 rings (SSSR count). The van der Waals surface area contributed by atoms with E-state index in [1.54, 1.807) is 0 Å². The molecule has 0 aromatic carbocycles. The van der Waals surface area contributed by atoms with Crippen molar-refractivity contribution in [3.05, 3.63) is 36.6 Å². The van der Waals surface area contributed by atoms with Crippen LogP contribution in [0, 0.1) is 0 Å². The fourth-order valence-electron chi connectivity index (χ4n) is 3.76. The average molecular weight is 638 g/mol. The highest BCUT2D eigenvalue weighted by Gasteiger charge is 2.41. The Morgan fingerprint density at radius 3 is 1.51 bits per heavy atom. The molecule has 3 heterocycles. The standard InChI is InChI=1S/C15H16N2O7.C12H15NO7.CH4/c1-8-6-9(14(21)16(8)2)23-12(19)4-5-13(20)24-10-7-11(18)17(3)15(10)22;1-18-6-5-13-9(14)7-8(12(13)17)20-11(16)4-3-10(15)19-2;/h4-5,9-10H,1,6-7H2,2-3H3;3-4,8H,5-7H2,1-2H3;1H4/b5-4+;4-3+;/t9-,10-;;/m0../s1. The van der Waals surface area contributed by atoms with E-state index in [0.717, 1.165) is 41.2 Å². The van der Waals surface area contributed by atoms with Crippen molar-refractivity contribution in [3.8, 4) is 0 Å². The van der Waals surface area contributed by atoms with Gasteiger partial charge in [-0.15, -0.1) is 0 Å². The summed E-state index contributed by atoms with van der Waals surface area (Å²) in [6.07, 6.45) is -0.308. The van der Waals surface area contributed by atoms with Gasteiger partial charge >= 0.3 is 23.9 Å². The molecule has 246 valence electrons. The first kappa shape index (κ1) is 37.8. The lowest BCUT2D eigenvalue weighted by molar-refractivity contribution is -0.153. The fourth-order valence-corrected chi connectivity index (χ4v) is 3.76. The second-order valence-corrected chi connectivity index (χ2v) is 9.21. The lowest BCUT2D eigenvalue weighted by Gasteiger charge is -2.13. The van der Waals surface area contributed by atoms with E-state index in [4.69, 9.17) is 18.9 Å². The van der Waals surface area contributed by atoms with Crippen LogP contribution < -0.4 is 0 Å². The van der Waals surface area contributed by atoms with Crippen molar-refractivity contribution in [2.24, 2.45) is 0 Å². The number of methoxy groups -OCH3 is 2. The van der Waals surface area contributed by atoms with Crippen LogP contribution in [0.25, 0.3) is 0 Å². The molecule has 0 aromatic rings. The Labute approximate surface area is 258 Å². The highest BCUT2D eigenvalue weighted by Crippen LogP contribution is 2.22. The summed E-state index contributed by atoms with van der Waals surface area (Å²) in [5.74, 6) is -5.98. The molecule has 0 bridgehead atoms. The second kappa shape index (κ2) is 17.2. The van der Waals surface area contributed by atoms with E-state index in [1.807, 2.05) is 0 Å². The van der Waals surface area contributed by atoms with E-state index in [2.05, 4.69) is 11.3 Å². The van der Waals surface area contributed by atoms with Gasteiger partial charge in [-0.2, -0.15) is 0 Å². The average Bonchev–Trinajstić information content (AvgIpc) is 3.49. The van der Waals surface area contributed by atoms with Gasteiger partial charge in [0.1, 0.15) is 0 Å². The maximum absolute atomic E-state index is 11.8. The summed E-state index contributed by atoms with van der Waals surface area (Å²) in [5.41, 5.74) is 0.523. The van der Waals surface area contributed by atoms with Gasteiger partial charge < -0.3 is 28.6 Å². The van der Waals surface area contributed by atoms with E-state index < -0.39 is 71.7 Å². The van der Waals surface area contributed by atoms with E-state index in [0.29, 0.717) is 5.70 Å².